The highest BCUT2D eigenvalue weighted by molar-refractivity contribution is 5.81. The van der Waals surface area contributed by atoms with Gasteiger partial charge in [-0.15, -0.1) is 0 Å². The first kappa shape index (κ1) is 13.5. The predicted molar refractivity (Wildman–Crippen MR) is 65.2 cm³/mol. The normalized spacial score (nSPS) is 25.6. The van der Waals surface area contributed by atoms with Gasteiger partial charge in [0.1, 0.15) is 6.10 Å². The van der Waals surface area contributed by atoms with Gasteiger partial charge in [0.2, 0.25) is 5.91 Å². The summed E-state index contributed by atoms with van der Waals surface area (Å²) >= 11 is 0. The molecule has 0 aromatic carbocycles. The van der Waals surface area contributed by atoms with Crippen LogP contribution in [-0.4, -0.2) is 24.7 Å². The molecular weight excluding hydrogens is 202 g/mol. The second-order valence-corrected chi connectivity index (χ2v) is 5.23. The Morgan fingerprint density at radius 1 is 1.50 bits per heavy atom. The van der Waals surface area contributed by atoms with E-state index in [1.165, 1.54) is 6.42 Å². The van der Waals surface area contributed by atoms with Crippen molar-refractivity contribution in [2.45, 2.75) is 59.1 Å². The summed E-state index contributed by atoms with van der Waals surface area (Å²) < 4.78 is 5.64. The van der Waals surface area contributed by atoms with Crippen LogP contribution in [0.2, 0.25) is 0 Å². The first-order valence-electron chi connectivity index (χ1n) is 6.46. The number of ether oxygens (including phenoxy) is 1. The topological polar surface area (TPSA) is 38.3 Å². The van der Waals surface area contributed by atoms with E-state index in [9.17, 15) is 4.79 Å². The Labute approximate surface area is 98.9 Å². The Bertz CT molecular complexity index is 228. The molecule has 0 bridgehead atoms. The zero-order valence-electron chi connectivity index (χ0n) is 11.0. The van der Waals surface area contributed by atoms with Crippen molar-refractivity contribution in [3.05, 3.63) is 0 Å². The van der Waals surface area contributed by atoms with E-state index in [2.05, 4.69) is 19.2 Å². The number of hydrogen-bond donors (Lipinski definition) is 1. The van der Waals surface area contributed by atoms with Gasteiger partial charge in [-0.1, -0.05) is 13.8 Å². The fourth-order valence-corrected chi connectivity index (χ4v) is 1.89. The Morgan fingerprint density at radius 3 is 2.56 bits per heavy atom. The largest absolute Gasteiger partial charge is 0.368 e. The van der Waals surface area contributed by atoms with Gasteiger partial charge in [-0.05, 0) is 44.9 Å². The van der Waals surface area contributed by atoms with Gasteiger partial charge in [-0.2, -0.15) is 0 Å². The lowest BCUT2D eigenvalue weighted by Gasteiger charge is -2.18. The number of amides is 1. The van der Waals surface area contributed by atoms with E-state index in [1.807, 2.05) is 13.8 Å². The lowest BCUT2D eigenvalue weighted by Crippen LogP contribution is -2.40. The van der Waals surface area contributed by atoms with Crippen molar-refractivity contribution in [2.75, 3.05) is 6.61 Å². The van der Waals surface area contributed by atoms with E-state index in [0.29, 0.717) is 12.5 Å². The van der Waals surface area contributed by atoms with Crippen molar-refractivity contribution in [1.82, 2.24) is 5.32 Å². The SMILES string of the molecule is CCCOC(CC1CC1C)C(=O)NC(C)C. The maximum absolute atomic E-state index is 11.9. The minimum Gasteiger partial charge on any atom is -0.368 e. The Morgan fingerprint density at radius 2 is 2.12 bits per heavy atom. The zero-order valence-corrected chi connectivity index (χ0v) is 11.0. The molecule has 1 N–H and O–H groups in total. The summed E-state index contributed by atoms with van der Waals surface area (Å²) in [6.07, 6.45) is 2.86. The van der Waals surface area contributed by atoms with Gasteiger partial charge in [0.15, 0.2) is 0 Å². The molecule has 3 unspecified atom stereocenters. The minimum absolute atomic E-state index is 0.0579. The van der Waals surface area contributed by atoms with E-state index < -0.39 is 0 Å². The van der Waals surface area contributed by atoms with E-state index in [-0.39, 0.29) is 18.1 Å². The molecule has 0 aromatic rings. The summed E-state index contributed by atoms with van der Waals surface area (Å²) in [5.41, 5.74) is 0. The molecule has 1 fully saturated rings. The van der Waals surface area contributed by atoms with Gasteiger partial charge in [-0.3, -0.25) is 4.79 Å². The molecule has 1 aliphatic carbocycles. The van der Waals surface area contributed by atoms with Crippen LogP contribution in [0.5, 0.6) is 0 Å². The van der Waals surface area contributed by atoms with Crippen molar-refractivity contribution < 1.29 is 9.53 Å². The first-order valence-corrected chi connectivity index (χ1v) is 6.46. The van der Waals surface area contributed by atoms with Crippen LogP contribution >= 0.6 is 0 Å². The van der Waals surface area contributed by atoms with Gasteiger partial charge in [0, 0.05) is 12.6 Å². The molecule has 1 amide bonds. The van der Waals surface area contributed by atoms with E-state index in [4.69, 9.17) is 4.74 Å². The number of carbonyl (C=O) groups is 1. The highest BCUT2D eigenvalue weighted by Crippen LogP contribution is 2.41. The van der Waals surface area contributed by atoms with Crippen molar-refractivity contribution in [3.8, 4) is 0 Å². The molecule has 1 saturated carbocycles. The molecule has 0 saturated heterocycles. The Kier molecular flexibility index (Phi) is 5.26. The molecule has 0 heterocycles. The van der Waals surface area contributed by atoms with Crippen LogP contribution in [0.15, 0.2) is 0 Å². The molecule has 16 heavy (non-hydrogen) atoms. The average molecular weight is 227 g/mol. The van der Waals surface area contributed by atoms with Crippen molar-refractivity contribution in [2.24, 2.45) is 11.8 Å². The molecule has 0 spiro atoms. The van der Waals surface area contributed by atoms with Crippen LogP contribution in [0.4, 0.5) is 0 Å². The predicted octanol–water partition coefficient (Wildman–Crippen LogP) is 2.35. The van der Waals surface area contributed by atoms with Crippen molar-refractivity contribution in [1.29, 1.82) is 0 Å². The summed E-state index contributed by atoms with van der Waals surface area (Å²) in [5.74, 6) is 1.53. The molecule has 0 radical (unpaired) electrons. The van der Waals surface area contributed by atoms with Crippen molar-refractivity contribution >= 4 is 5.91 Å². The van der Waals surface area contributed by atoms with E-state index in [0.717, 1.165) is 18.8 Å². The molecule has 3 nitrogen and oxygen atoms in total. The monoisotopic (exact) mass is 227 g/mol. The highest BCUT2D eigenvalue weighted by atomic mass is 16.5. The number of nitrogens with one attached hydrogen (secondary N) is 1. The quantitative estimate of drug-likeness (QED) is 0.725. The van der Waals surface area contributed by atoms with Gasteiger partial charge >= 0.3 is 0 Å². The molecule has 0 aliphatic heterocycles. The maximum atomic E-state index is 11.9. The molecular formula is C13H25NO2. The third kappa shape index (κ3) is 4.52. The first-order chi connectivity index (χ1) is 7.54. The third-order valence-corrected chi connectivity index (χ3v) is 3.04. The van der Waals surface area contributed by atoms with Gasteiger partial charge in [0.05, 0.1) is 0 Å². The average Bonchev–Trinajstić information content (AvgIpc) is 2.87. The number of rotatable bonds is 7. The summed E-state index contributed by atoms with van der Waals surface area (Å²) in [7, 11) is 0. The summed E-state index contributed by atoms with van der Waals surface area (Å²) in [6.45, 7) is 8.94. The van der Waals surface area contributed by atoms with Crippen LogP contribution in [0, 0.1) is 11.8 Å². The van der Waals surface area contributed by atoms with Gasteiger partial charge < -0.3 is 10.1 Å². The van der Waals surface area contributed by atoms with Gasteiger partial charge in [0.25, 0.3) is 0 Å². The standard InChI is InChI=1S/C13H25NO2/c1-5-6-16-12(8-11-7-10(11)4)13(15)14-9(2)3/h9-12H,5-8H2,1-4H3,(H,14,15). The lowest BCUT2D eigenvalue weighted by molar-refractivity contribution is -0.134. The van der Waals surface area contributed by atoms with Crippen LogP contribution < -0.4 is 5.32 Å². The van der Waals surface area contributed by atoms with Crippen LogP contribution in [-0.2, 0) is 9.53 Å². The molecule has 3 atom stereocenters. The third-order valence-electron chi connectivity index (χ3n) is 3.04. The summed E-state index contributed by atoms with van der Waals surface area (Å²) in [4.78, 5) is 11.9. The molecule has 1 aliphatic rings. The fraction of sp³-hybridized carbons (Fsp3) is 0.923. The molecule has 1 rings (SSSR count). The molecule has 3 heteroatoms. The molecule has 0 aromatic heterocycles. The van der Waals surface area contributed by atoms with Crippen LogP contribution in [0.3, 0.4) is 0 Å². The summed E-state index contributed by atoms with van der Waals surface area (Å²) in [6, 6.07) is 0.192. The zero-order chi connectivity index (χ0) is 12.1. The smallest absolute Gasteiger partial charge is 0.249 e. The Hall–Kier alpha value is -0.570. The summed E-state index contributed by atoms with van der Waals surface area (Å²) in [5, 5.41) is 2.94. The van der Waals surface area contributed by atoms with E-state index in [1.54, 1.807) is 0 Å². The Balaban J connectivity index is 2.38. The minimum atomic E-state index is -0.239. The van der Waals surface area contributed by atoms with E-state index >= 15 is 0 Å². The highest BCUT2D eigenvalue weighted by Gasteiger charge is 2.36. The van der Waals surface area contributed by atoms with Crippen molar-refractivity contribution in [3.63, 3.8) is 0 Å². The fourth-order valence-electron chi connectivity index (χ4n) is 1.89. The number of carbonyl (C=O) groups excluding carboxylic acids is 1. The second-order valence-electron chi connectivity index (χ2n) is 5.23. The van der Waals surface area contributed by atoms with Gasteiger partial charge in [-0.25, -0.2) is 0 Å². The second kappa shape index (κ2) is 6.24. The maximum Gasteiger partial charge on any atom is 0.249 e. The number of hydrogen-bond acceptors (Lipinski definition) is 2. The van der Waals surface area contributed by atoms with Crippen LogP contribution in [0.25, 0.3) is 0 Å². The lowest BCUT2D eigenvalue weighted by atomic mass is 10.1. The molecule has 94 valence electrons. The van der Waals surface area contributed by atoms with Crippen LogP contribution in [0.1, 0.15) is 47.0 Å².